The van der Waals surface area contributed by atoms with Crippen molar-refractivity contribution in [2.24, 2.45) is 16.6 Å². The zero-order chi connectivity index (χ0) is 19.2. The third kappa shape index (κ3) is 2.91. The molecule has 4 rings (SSSR count). The highest BCUT2D eigenvalue weighted by Gasteiger charge is 2.58. The number of hydrogen-bond acceptors (Lipinski definition) is 4. The van der Waals surface area contributed by atoms with E-state index in [0.29, 0.717) is 5.02 Å². The molecular weight excluding hydrogens is 362 g/mol. The third-order valence-electron chi connectivity index (χ3n) is 5.42. The molecule has 6 heteroatoms. The highest BCUT2D eigenvalue weighted by atomic mass is 35.5. The predicted molar refractivity (Wildman–Crippen MR) is 106 cm³/mol. The molecular formula is C21H22ClN3O2. The van der Waals surface area contributed by atoms with Gasteiger partial charge >= 0.3 is 0 Å². The maximum atomic E-state index is 13.4. The van der Waals surface area contributed by atoms with Gasteiger partial charge in [0.05, 0.1) is 12.6 Å². The third-order valence-corrected chi connectivity index (χ3v) is 5.65. The molecule has 0 radical (unpaired) electrons. The van der Waals surface area contributed by atoms with Crippen LogP contribution in [0.4, 0.5) is 0 Å². The molecule has 0 saturated heterocycles. The minimum atomic E-state index is -0.998. The van der Waals surface area contributed by atoms with Crippen molar-refractivity contribution in [1.82, 2.24) is 4.90 Å². The molecule has 1 aliphatic heterocycles. The number of benzene rings is 2. The largest absolute Gasteiger partial charge is 0.394 e. The molecule has 1 amide bonds. The maximum absolute atomic E-state index is 13.4. The summed E-state index contributed by atoms with van der Waals surface area (Å²) in [4.78, 5) is 19.5. The number of nitrogens with zero attached hydrogens (tertiary/aromatic N) is 2. The lowest BCUT2D eigenvalue weighted by atomic mass is 9.83. The fourth-order valence-corrected chi connectivity index (χ4v) is 4.06. The second kappa shape index (κ2) is 6.66. The molecule has 2 aliphatic rings. The van der Waals surface area contributed by atoms with Gasteiger partial charge < -0.3 is 10.8 Å². The molecule has 5 nitrogen and oxygen atoms in total. The first-order chi connectivity index (χ1) is 13.0. The molecule has 0 spiro atoms. The van der Waals surface area contributed by atoms with E-state index in [4.69, 9.17) is 17.3 Å². The Morgan fingerprint density at radius 3 is 2.56 bits per heavy atom. The first kappa shape index (κ1) is 18.0. The highest BCUT2D eigenvalue weighted by Crippen LogP contribution is 2.52. The first-order valence-electron chi connectivity index (χ1n) is 9.13. The van der Waals surface area contributed by atoms with Crippen LogP contribution in [0.25, 0.3) is 11.1 Å². The number of halogens is 1. The van der Waals surface area contributed by atoms with E-state index in [1.165, 1.54) is 4.90 Å². The summed E-state index contributed by atoms with van der Waals surface area (Å²) in [6.45, 7) is 1.61. The number of carbonyl (C=O) groups is 1. The average molecular weight is 384 g/mol. The summed E-state index contributed by atoms with van der Waals surface area (Å²) in [6.07, 6.45) is 1.87. The second-order valence-corrected chi connectivity index (χ2v) is 7.74. The minimum Gasteiger partial charge on any atom is -0.394 e. The molecule has 0 aromatic heterocycles. The SMILES string of the molecule is CC(CO)N1C(=O)C(c2cccc(-c3cccc(Cl)c3)c2)(C2CC2)N=C1N. The van der Waals surface area contributed by atoms with Gasteiger partial charge in [-0.05, 0) is 60.6 Å². The molecule has 27 heavy (non-hydrogen) atoms. The van der Waals surface area contributed by atoms with Crippen molar-refractivity contribution in [2.45, 2.75) is 31.3 Å². The van der Waals surface area contributed by atoms with Gasteiger partial charge in [0.15, 0.2) is 11.5 Å². The van der Waals surface area contributed by atoms with Crippen LogP contribution < -0.4 is 5.73 Å². The topological polar surface area (TPSA) is 78.9 Å². The number of aliphatic hydroxyl groups excluding tert-OH is 1. The van der Waals surface area contributed by atoms with Gasteiger partial charge in [0.1, 0.15) is 0 Å². The van der Waals surface area contributed by atoms with E-state index >= 15 is 0 Å². The van der Waals surface area contributed by atoms with E-state index in [1.54, 1.807) is 6.92 Å². The van der Waals surface area contributed by atoms with Gasteiger partial charge in [0.2, 0.25) is 0 Å². The zero-order valence-electron chi connectivity index (χ0n) is 15.1. The molecule has 2 aromatic rings. The number of hydrogen-bond donors (Lipinski definition) is 2. The van der Waals surface area contributed by atoms with Crippen LogP contribution >= 0.6 is 11.6 Å². The molecule has 1 saturated carbocycles. The maximum Gasteiger partial charge on any atom is 0.262 e. The van der Waals surface area contributed by atoms with Gasteiger partial charge in [0.25, 0.3) is 5.91 Å². The Hall–Kier alpha value is -2.37. The quantitative estimate of drug-likeness (QED) is 0.832. The number of rotatable bonds is 5. The Labute approximate surface area is 163 Å². The van der Waals surface area contributed by atoms with Crippen LogP contribution in [0.2, 0.25) is 5.02 Å². The Balaban J connectivity index is 1.81. The second-order valence-electron chi connectivity index (χ2n) is 7.31. The van der Waals surface area contributed by atoms with Crippen molar-refractivity contribution in [3.63, 3.8) is 0 Å². The van der Waals surface area contributed by atoms with Crippen LogP contribution in [0.5, 0.6) is 0 Å². The molecule has 1 heterocycles. The van der Waals surface area contributed by atoms with Gasteiger partial charge in [-0.25, -0.2) is 4.99 Å². The van der Waals surface area contributed by atoms with Crippen molar-refractivity contribution >= 4 is 23.5 Å². The van der Waals surface area contributed by atoms with Gasteiger partial charge in [-0.3, -0.25) is 9.69 Å². The van der Waals surface area contributed by atoms with Crippen molar-refractivity contribution < 1.29 is 9.90 Å². The van der Waals surface area contributed by atoms with Crippen LogP contribution in [0, 0.1) is 5.92 Å². The number of aliphatic imine (C=N–C) groups is 1. The molecule has 2 aromatic carbocycles. The van der Waals surface area contributed by atoms with Crippen LogP contribution in [-0.2, 0) is 10.3 Å². The standard InChI is InChI=1S/C21H22ClN3O2/c1-13(12-26)25-19(27)21(16-8-9-16,24-20(25)23)17-6-2-4-14(10-17)15-5-3-7-18(22)11-15/h2-7,10-11,13,16,26H,8-9,12H2,1H3,(H2,23,24). The number of carbonyl (C=O) groups excluding carboxylic acids is 1. The van der Waals surface area contributed by atoms with E-state index in [9.17, 15) is 9.90 Å². The summed E-state index contributed by atoms with van der Waals surface area (Å²) in [6, 6.07) is 15.1. The summed E-state index contributed by atoms with van der Waals surface area (Å²) in [5.41, 5.74) is 7.92. The van der Waals surface area contributed by atoms with E-state index in [-0.39, 0.29) is 24.4 Å². The summed E-state index contributed by atoms with van der Waals surface area (Å²) >= 11 is 6.14. The van der Waals surface area contributed by atoms with E-state index in [0.717, 1.165) is 29.5 Å². The zero-order valence-corrected chi connectivity index (χ0v) is 15.9. The lowest BCUT2D eigenvalue weighted by molar-refractivity contribution is -0.134. The van der Waals surface area contributed by atoms with Crippen LogP contribution in [-0.4, -0.2) is 34.5 Å². The number of amides is 1. The number of nitrogens with two attached hydrogens (primary N) is 1. The number of aliphatic hydroxyl groups is 1. The Kier molecular flexibility index (Phi) is 4.44. The summed E-state index contributed by atoms with van der Waals surface area (Å²) in [7, 11) is 0. The average Bonchev–Trinajstić information content (AvgIpc) is 3.48. The van der Waals surface area contributed by atoms with Gasteiger partial charge in [0, 0.05) is 5.02 Å². The van der Waals surface area contributed by atoms with E-state index in [2.05, 4.69) is 4.99 Å². The predicted octanol–water partition coefficient (Wildman–Crippen LogP) is 3.15. The van der Waals surface area contributed by atoms with Gasteiger partial charge in [-0.2, -0.15) is 0 Å². The molecule has 2 unspecified atom stereocenters. The molecule has 1 fully saturated rings. The fraction of sp³-hybridized carbons (Fsp3) is 0.333. The lowest BCUT2D eigenvalue weighted by Crippen LogP contribution is -2.49. The molecule has 3 N–H and O–H groups in total. The fourth-order valence-electron chi connectivity index (χ4n) is 3.87. The van der Waals surface area contributed by atoms with E-state index < -0.39 is 11.6 Å². The van der Waals surface area contributed by atoms with Crippen LogP contribution in [0.3, 0.4) is 0 Å². The molecule has 1 aliphatic carbocycles. The van der Waals surface area contributed by atoms with E-state index in [1.807, 2.05) is 48.5 Å². The molecule has 0 bridgehead atoms. The molecule has 140 valence electrons. The first-order valence-corrected chi connectivity index (χ1v) is 9.51. The Bertz CT molecular complexity index is 925. The monoisotopic (exact) mass is 383 g/mol. The highest BCUT2D eigenvalue weighted by molar-refractivity contribution is 6.30. The van der Waals surface area contributed by atoms with Crippen LogP contribution in [0.1, 0.15) is 25.3 Å². The summed E-state index contributed by atoms with van der Waals surface area (Å²) < 4.78 is 0. The van der Waals surface area contributed by atoms with Gasteiger partial charge in [-0.15, -0.1) is 0 Å². The molecule has 2 atom stereocenters. The summed E-state index contributed by atoms with van der Waals surface area (Å²) in [5, 5.41) is 10.2. The van der Waals surface area contributed by atoms with Crippen molar-refractivity contribution in [1.29, 1.82) is 0 Å². The summed E-state index contributed by atoms with van der Waals surface area (Å²) in [5.74, 6) is 0.169. The number of guanidine groups is 1. The van der Waals surface area contributed by atoms with Crippen molar-refractivity contribution in [3.05, 3.63) is 59.1 Å². The van der Waals surface area contributed by atoms with Crippen molar-refractivity contribution in [2.75, 3.05) is 6.61 Å². The smallest absolute Gasteiger partial charge is 0.262 e. The minimum absolute atomic E-state index is 0.133. The normalized spacial score (nSPS) is 23.4. The Morgan fingerprint density at radius 1 is 1.26 bits per heavy atom. The lowest BCUT2D eigenvalue weighted by Gasteiger charge is -2.29. The van der Waals surface area contributed by atoms with Crippen molar-refractivity contribution in [3.8, 4) is 11.1 Å². The van der Waals surface area contributed by atoms with Gasteiger partial charge in [-0.1, -0.05) is 41.9 Å². The van der Waals surface area contributed by atoms with Crippen LogP contribution in [0.15, 0.2) is 53.5 Å². The Morgan fingerprint density at radius 2 is 1.93 bits per heavy atom.